The molecule has 218 valence electrons. The average Bonchev–Trinajstić information content (AvgIpc) is 3.31. The molecule has 1 N–H and O–H groups in total. The van der Waals surface area contributed by atoms with E-state index < -0.39 is 47.2 Å². The van der Waals surface area contributed by atoms with E-state index in [9.17, 15) is 30.7 Å². The summed E-state index contributed by atoms with van der Waals surface area (Å²) in [5, 5.41) is 11.1. The van der Waals surface area contributed by atoms with Gasteiger partial charge in [0, 0.05) is 13.1 Å². The molecule has 1 saturated heterocycles. The molecular weight excluding hydrogens is 547 g/mol. The molecule has 0 spiro atoms. The van der Waals surface area contributed by atoms with Gasteiger partial charge in [-0.1, -0.05) is 12.1 Å². The summed E-state index contributed by atoms with van der Waals surface area (Å²) in [6.07, 6.45) is -12.5. The maximum absolute atomic E-state index is 13.9. The second-order valence-corrected chi connectivity index (χ2v) is 9.96. The van der Waals surface area contributed by atoms with E-state index in [4.69, 9.17) is 9.47 Å². The van der Waals surface area contributed by atoms with Gasteiger partial charge in [-0.3, -0.25) is 0 Å². The number of aromatic amines is 1. The number of morpholine rings is 1. The van der Waals surface area contributed by atoms with Gasteiger partial charge >= 0.3 is 12.4 Å². The van der Waals surface area contributed by atoms with Crippen molar-refractivity contribution in [3.63, 3.8) is 0 Å². The van der Waals surface area contributed by atoms with Crippen molar-refractivity contribution in [3.05, 3.63) is 76.2 Å². The van der Waals surface area contributed by atoms with Crippen LogP contribution >= 0.6 is 0 Å². The summed E-state index contributed by atoms with van der Waals surface area (Å²) in [4.78, 5) is 3.70. The summed E-state index contributed by atoms with van der Waals surface area (Å²) in [6, 6.07) is 6.81. The molecule has 0 saturated carbocycles. The van der Waals surface area contributed by atoms with Gasteiger partial charge in [-0.05, 0) is 69.4 Å². The van der Waals surface area contributed by atoms with Gasteiger partial charge in [0.25, 0.3) is 0 Å². The maximum atomic E-state index is 13.9. The van der Waals surface area contributed by atoms with Crippen LogP contribution in [0.15, 0.2) is 42.5 Å². The first-order valence-corrected chi connectivity index (χ1v) is 12.2. The number of halogens is 7. The Labute approximate surface area is 225 Å². The first-order valence-electron chi connectivity index (χ1n) is 12.2. The van der Waals surface area contributed by atoms with E-state index in [0.29, 0.717) is 35.8 Å². The summed E-state index contributed by atoms with van der Waals surface area (Å²) >= 11 is 0. The Balaban J connectivity index is 1.77. The quantitative estimate of drug-likeness (QED) is 0.354. The van der Waals surface area contributed by atoms with Crippen molar-refractivity contribution in [3.8, 4) is 0 Å². The molecule has 0 amide bonds. The SMILES string of the molecule is CC(OC1OCCN(c2n[nH]nc2CN(C)C)[C@@]1(C)c1ccc(F)cc1)c1cc(C(F)(F)F)cc(C(F)(F)F)c1. The van der Waals surface area contributed by atoms with E-state index in [1.807, 2.05) is 23.9 Å². The molecule has 2 unspecified atom stereocenters. The molecule has 14 heteroatoms. The number of rotatable bonds is 7. The summed E-state index contributed by atoms with van der Waals surface area (Å²) in [6.45, 7) is 3.86. The number of nitrogens with zero attached hydrogens (tertiary/aromatic N) is 4. The third-order valence-electron chi connectivity index (χ3n) is 6.76. The highest BCUT2D eigenvalue weighted by Crippen LogP contribution is 2.43. The van der Waals surface area contributed by atoms with Crippen molar-refractivity contribution >= 4 is 5.82 Å². The summed E-state index contributed by atoms with van der Waals surface area (Å²) < 4.78 is 107. The van der Waals surface area contributed by atoms with Gasteiger partial charge in [0.05, 0.1) is 23.8 Å². The fraction of sp³-hybridized carbons (Fsp3) is 0.462. The third-order valence-corrected chi connectivity index (χ3v) is 6.76. The largest absolute Gasteiger partial charge is 0.416 e. The van der Waals surface area contributed by atoms with Crippen LogP contribution in [0.25, 0.3) is 0 Å². The van der Waals surface area contributed by atoms with Crippen molar-refractivity contribution in [1.29, 1.82) is 0 Å². The Morgan fingerprint density at radius 2 is 1.65 bits per heavy atom. The summed E-state index contributed by atoms with van der Waals surface area (Å²) in [5.74, 6) is -0.0525. The molecule has 2 heterocycles. The number of hydrogen-bond acceptors (Lipinski definition) is 6. The second kappa shape index (κ2) is 11.0. The number of aromatic nitrogens is 3. The third kappa shape index (κ3) is 6.08. The van der Waals surface area contributed by atoms with Gasteiger partial charge in [-0.25, -0.2) is 4.39 Å². The normalized spacial score (nSPS) is 21.2. The van der Waals surface area contributed by atoms with E-state index in [0.717, 1.165) is 0 Å². The molecule has 3 aromatic rings. The highest BCUT2D eigenvalue weighted by atomic mass is 19.4. The molecule has 0 radical (unpaired) electrons. The van der Waals surface area contributed by atoms with Crippen molar-refractivity contribution in [1.82, 2.24) is 20.3 Å². The molecule has 3 atom stereocenters. The van der Waals surface area contributed by atoms with E-state index in [2.05, 4.69) is 15.4 Å². The molecule has 1 aliphatic heterocycles. The molecule has 40 heavy (non-hydrogen) atoms. The van der Waals surface area contributed by atoms with Gasteiger partial charge in [-0.15, -0.1) is 5.10 Å². The Morgan fingerprint density at radius 3 is 2.20 bits per heavy atom. The molecule has 7 nitrogen and oxygen atoms in total. The van der Waals surface area contributed by atoms with Gasteiger partial charge in [0.15, 0.2) is 12.1 Å². The Bertz CT molecular complexity index is 1280. The minimum atomic E-state index is -5.01. The van der Waals surface area contributed by atoms with E-state index in [1.165, 1.54) is 31.2 Å². The van der Waals surface area contributed by atoms with Crippen LogP contribution in [0.3, 0.4) is 0 Å². The number of anilines is 1. The van der Waals surface area contributed by atoms with E-state index >= 15 is 0 Å². The lowest BCUT2D eigenvalue weighted by Gasteiger charge is -2.50. The van der Waals surface area contributed by atoms with Gasteiger partial charge in [0.1, 0.15) is 17.1 Å². The number of benzene rings is 2. The predicted molar refractivity (Wildman–Crippen MR) is 131 cm³/mol. The maximum Gasteiger partial charge on any atom is 0.416 e. The molecule has 1 aliphatic rings. The number of nitrogens with one attached hydrogen (secondary N) is 1. The topological polar surface area (TPSA) is 66.5 Å². The highest BCUT2D eigenvalue weighted by molar-refractivity contribution is 5.50. The van der Waals surface area contributed by atoms with Crippen molar-refractivity contribution in [2.75, 3.05) is 32.1 Å². The van der Waals surface area contributed by atoms with Crippen LogP contribution in [-0.4, -0.2) is 53.8 Å². The smallest absolute Gasteiger partial charge is 0.348 e. The second-order valence-electron chi connectivity index (χ2n) is 9.96. The van der Waals surface area contributed by atoms with Crippen molar-refractivity contribution < 1.29 is 40.2 Å². The van der Waals surface area contributed by atoms with Gasteiger partial charge < -0.3 is 19.3 Å². The van der Waals surface area contributed by atoms with E-state index in [-0.39, 0.29) is 24.8 Å². The molecule has 1 aromatic heterocycles. The number of alkyl halides is 6. The number of ether oxygens (including phenoxy) is 2. The fourth-order valence-electron chi connectivity index (χ4n) is 4.70. The van der Waals surface area contributed by atoms with E-state index in [1.54, 1.807) is 6.92 Å². The van der Waals surface area contributed by atoms with Gasteiger partial charge in [0.2, 0.25) is 0 Å². The van der Waals surface area contributed by atoms with Crippen molar-refractivity contribution in [2.45, 2.75) is 50.7 Å². The standard InChI is InChI=1S/C26H28F7N5O2/c1-15(16-11-18(25(28,29)30)13-19(12-16)26(31,32)33)40-23-24(2,17-5-7-20(27)8-6-17)38(9-10-39-23)22-21(14-37(3)4)34-36-35-22/h5-8,11-13,15,23H,9-10,14H2,1-4H3,(H,34,35,36)/t15?,23?,24-/m0/s1. The molecule has 4 rings (SSSR count). The summed E-state index contributed by atoms with van der Waals surface area (Å²) in [5.41, 5.74) is -3.37. The van der Waals surface area contributed by atoms with Crippen LogP contribution in [0.4, 0.5) is 36.6 Å². The molecule has 0 bridgehead atoms. The Kier molecular flexibility index (Phi) is 8.16. The lowest BCUT2D eigenvalue weighted by Crippen LogP contribution is -2.60. The zero-order valence-electron chi connectivity index (χ0n) is 22.1. The van der Waals surface area contributed by atoms with Crippen molar-refractivity contribution in [2.24, 2.45) is 0 Å². The molecule has 2 aromatic carbocycles. The number of hydrogen-bond donors (Lipinski definition) is 1. The van der Waals surface area contributed by atoms with Crippen LogP contribution < -0.4 is 4.90 Å². The Hall–Kier alpha value is -3.23. The molecule has 1 fully saturated rings. The van der Waals surface area contributed by atoms with Crippen LogP contribution in [0.1, 0.15) is 47.9 Å². The minimum absolute atomic E-state index is 0.0640. The summed E-state index contributed by atoms with van der Waals surface area (Å²) in [7, 11) is 3.68. The fourth-order valence-corrected chi connectivity index (χ4v) is 4.70. The Morgan fingerprint density at radius 1 is 1.05 bits per heavy atom. The van der Waals surface area contributed by atoms with Crippen LogP contribution in [0, 0.1) is 5.82 Å². The average molecular weight is 576 g/mol. The lowest BCUT2D eigenvalue weighted by atomic mass is 9.87. The van der Waals surface area contributed by atoms with Crippen LogP contribution in [0.2, 0.25) is 0 Å². The van der Waals surface area contributed by atoms with Gasteiger partial charge in [-0.2, -0.15) is 36.7 Å². The first-order chi connectivity index (χ1) is 18.6. The predicted octanol–water partition coefficient (Wildman–Crippen LogP) is 5.90. The van der Waals surface area contributed by atoms with Crippen LogP contribution in [0.5, 0.6) is 0 Å². The highest BCUT2D eigenvalue weighted by Gasteiger charge is 2.49. The van der Waals surface area contributed by atoms with Crippen LogP contribution in [-0.2, 0) is 33.9 Å². The first kappa shape index (κ1) is 29.7. The molecular formula is C26H28F7N5O2. The molecule has 0 aliphatic carbocycles. The lowest BCUT2D eigenvalue weighted by molar-refractivity contribution is -0.217. The zero-order valence-corrected chi connectivity index (χ0v) is 22.1. The number of H-pyrrole nitrogens is 1. The zero-order chi connectivity index (χ0) is 29.5. The monoisotopic (exact) mass is 575 g/mol. The minimum Gasteiger partial charge on any atom is -0.348 e.